The first-order valence-corrected chi connectivity index (χ1v) is 15.9. The van der Waals surface area contributed by atoms with Crippen molar-refractivity contribution in [2.45, 2.75) is 128 Å². The molecule has 10 heteroatoms. The van der Waals surface area contributed by atoms with Crippen molar-refractivity contribution in [2.75, 3.05) is 13.2 Å². The van der Waals surface area contributed by atoms with Crippen LogP contribution in [0.2, 0.25) is 0 Å². The van der Waals surface area contributed by atoms with Crippen LogP contribution in [0.3, 0.4) is 0 Å². The van der Waals surface area contributed by atoms with E-state index in [4.69, 9.17) is 14.2 Å². The number of halogens is 6. The van der Waals surface area contributed by atoms with Gasteiger partial charge in [-0.25, -0.2) is 0 Å². The Morgan fingerprint density at radius 1 is 0.523 bits per heavy atom. The first-order chi connectivity index (χ1) is 20.9. The molecule has 0 aliphatic rings. The van der Waals surface area contributed by atoms with Crippen LogP contribution in [0, 0.1) is 0 Å². The van der Waals surface area contributed by atoms with Crippen molar-refractivity contribution in [2.24, 2.45) is 0 Å². The van der Waals surface area contributed by atoms with E-state index in [-0.39, 0.29) is 12.4 Å². The van der Waals surface area contributed by atoms with Gasteiger partial charge in [0.15, 0.2) is 0 Å². The third kappa shape index (κ3) is 12.4. The molecule has 0 aliphatic carbocycles. The highest BCUT2D eigenvalue weighted by atomic mass is 19.4. The van der Waals surface area contributed by atoms with Crippen LogP contribution < -0.4 is 14.2 Å². The zero-order chi connectivity index (χ0) is 32.5. The number of rotatable bonds is 22. The molecule has 0 aromatic heterocycles. The summed E-state index contributed by atoms with van der Waals surface area (Å²) in [5, 5.41) is 9.60. The zero-order valence-corrected chi connectivity index (χ0v) is 26.0. The van der Waals surface area contributed by atoms with Gasteiger partial charge in [-0.1, -0.05) is 103 Å². The van der Waals surface area contributed by atoms with Crippen LogP contribution in [0.5, 0.6) is 17.2 Å². The quantitative estimate of drug-likeness (QED) is 0.103. The van der Waals surface area contributed by atoms with E-state index in [0.717, 1.165) is 50.7 Å². The van der Waals surface area contributed by atoms with Gasteiger partial charge < -0.3 is 19.3 Å². The topological polar surface area (TPSA) is 47.9 Å². The second-order valence-corrected chi connectivity index (χ2v) is 11.3. The summed E-state index contributed by atoms with van der Waals surface area (Å²) in [5.74, 6) is 1.24. The minimum atomic E-state index is -5.95. The summed E-state index contributed by atoms with van der Waals surface area (Å²) in [5.41, 5.74) is -5.66. The van der Waals surface area contributed by atoms with Crippen molar-refractivity contribution >= 4 is 0 Å². The van der Waals surface area contributed by atoms with E-state index in [2.05, 4.69) is 13.8 Å². The zero-order valence-electron chi connectivity index (χ0n) is 26.0. The fraction of sp³-hybridized carbons (Fsp3) is 0.647. The summed E-state index contributed by atoms with van der Waals surface area (Å²) in [7, 11) is 0. The fourth-order valence-electron chi connectivity index (χ4n) is 4.83. The lowest BCUT2D eigenvalue weighted by Gasteiger charge is -2.32. The van der Waals surface area contributed by atoms with Gasteiger partial charge in [0.05, 0.1) is 13.2 Å². The number of unbranched alkanes of at least 4 members (excludes halogenated alkanes) is 12. The Morgan fingerprint density at radius 3 is 1.34 bits per heavy atom. The first-order valence-electron chi connectivity index (χ1n) is 15.9. The van der Waals surface area contributed by atoms with Gasteiger partial charge in [0.2, 0.25) is 0 Å². The van der Waals surface area contributed by atoms with Gasteiger partial charge in [0.1, 0.15) is 23.9 Å². The Balaban J connectivity index is 2.03. The third-order valence-corrected chi connectivity index (χ3v) is 7.47. The number of benzene rings is 2. The van der Waals surface area contributed by atoms with Gasteiger partial charge in [-0.15, -0.1) is 0 Å². The Bertz CT molecular complexity index is 1000. The lowest BCUT2D eigenvalue weighted by molar-refractivity contribution is -0.376. The fourth-order valence-corrected chi connectivity index (χ4v) is 4.83. The SMILES string of the molecule is CCCCCCCCCOc1cc(COc2ccc(C(O)(C(F)(F)F)C(F)(F)F)cc2)cc(OCCCCCCCCC)c1. The van der Waals surface area contributed by atoms with E-state index in [1.165, 1.54) is 51.4 Å². The largest absolute Gasteiger partial charge is 0.493 e. The maximum absolute atomic E-state index is 13.2. The van der Waals surface area contributed by atoms with Crippen LogP contribution in [0.4, 0.5) is 26.3 Å². The molecule has 0 saturated carbocycles. The molecular weight excluding hydrogens is 586 g/mol. The van der Waals surface area contributed by atoms with Crippen molar-refractivity contribution in [3.05, 3.63) is 53.6 Å². The van der Waals surface area contributed by atoms with Crippen LogP contribution in [0.25, 0.3) is 0 Å². The Kier molecular flexibility index (Phi) is 16.2. The van der Waals surface area contributed by atoms with Gasteiger partial charge in [-0.2, -0.15) is 26.3 Å². The third-order valence-electron chi connectivity index (χ3n) is 7.47. The number of hydrogen-bond acceptors (Lipinski definition) is 4. The highest BCUT2D eigenvalue weighted by Crippen LogP contribution is 2.50. The second kappa shape index (κ2) is 19.0. The van der Waals surface area contributed by atoms with Crippen molar-refractivity contribution in [1.82, 2.24) is 0 Å². The van der Waals surface area contributed by atoms with Crippen molar-refractivity contribution in [3.8, 4) is 17.2 Å². The number of aliphatic hydroxyl groups is 1. The predicted octanol–water partition coefficient (Wildman–Crippen LogP) is 10.8. The highest BCUT2D eigenvalue weighted by Gasteiger charge is 2.71. The predicted molar refractivity (Wildman–Crippen MR) is 160 cm³/mol. The maximum Gasteiger partial charge on any atom is 0.430 e. The van der Waals surface area contributed by atoms with E-state index >= 15 is 0 Å². The molecule has 2 rings (SSSR count). The minimum absolute atomic E-state index is 0.0232. The molecule has 0 bridgehead atoms. The Morgan fingerprint density at radius 2 is 0.932 bits per heavy atom. The molecule has 2 aromatic rings. The molecule has 250 valence electrons. The van der Waals surface area contributed by atoms with Gasteiger partial charge in [-0.05, 0) is 42.7 Å². The highest BCUT2D eigenvalue weighted by molar-refractivity contribution is 5.39. The average molecular weight is 635 g/mol. The minimum Gasteiger partial charge on any atom is -0.493 e. The number of alkyl halides is 6. The molecule has 0 saturated heterocycles. The Hall–Kier alpha value is -2.62. The summed E-state index contributed by atoms with van der Waals surface area (Å²) < 4.78 is 96.8. The smallest absolute Gasteiger partial charge is 0.430 e. The first kappa shape index (κ1) is 37.6. The summed E-state index contributed by atoms with van der Waals surface area (Å²) >= 11 is 0. The van der Waals surface area contributed by atoms with Crippen molar-refractivity contribution in [3.63, 3.8) is 0 Å². The molecule has 0 amide bonds. The molecule has 2 aromatic carbocycles. The molecule has 4 nitrogen and oxygen atoms in total. The summed E-state index contributed by atoms with van der Waals surface area (Å²) in [6.07, 6.45) is 4.21. The van der Waals surface area contributed by atoms with E-state index in [0.29, 0.717) is 42.4 Å². The standard InChI is InChI=1S/C34H48F6O4/c1-3-5-7-9-11-13-15-21-42-30-23-27(24-31(25-30)43-22-16-14-12-10-8-6-4-2)26-44-29-19-17-28(18-20-29)32(41,33(35,36)37)34(38,39)40/h17-20,23-25,41H,3-16,21-22,26H2,1-2H3. The molecule has 0 heterocycles. The summed E-state index contributed by atoms with van der Waals surface area (Å²) in [6.45, 7) is 5.43. The van der Waals surface area contributed by atoms with Crippen LogP contribution in [0.1, 0.15) is 115 Å². The van der Waals surface area contributed by atoms with Gasteiger partial charge in [0, 0.05) is 11.6 Å². The monoisotopic (exact) mass is 634 g/mol. The van der Waals surface area contributed by atoms with E-state index in [1.54, 1.807) is 12.1 Å². The Labute approximate surface area is 258 Å². The van der Waals surface area contributed by atoms with Crippen LogP contribution in [-0.4, -0.2) is 30.7 Å². The van der Waals surface area contributed by atoms with Gasteiger partial charge in [0.25, 0.3) is 5.60 Å². The van der Waals surface area contributed by atoms with E-state index in [1.807, 2.05) is 6.07 Å². The lowest BCUT2D eigenvalue weighted by Crippen LogP contribution is -2.53. The number of hydrogen-bond donors (Lipinski definition) is 1. The molecule has 0 aliphatic heterocycles. The second-order valence-electron chi connectivity index (χ2n) is 11.3. The average Bonchev–Trinajstić information content (AvgIpc) is 2.97. The van der Waals surface area contributed by atoms with Crippen LogP contribution in [0.15, 0.2) is 42.5 Å². The van der Waals surface area contributed by atoms with Crippen LogP contribution in [-0.2, 0) is 12.2 Å². The molecule has 44 heavy (non-hydrogen) atoms. The normalized spacial score (nSPS) is 12.4. The van der Waals surface area contributed by atoms with E-state index < -0.39 is 23.5 Å². The molecule has 0 atom stereocenters. The lowest BCUT2D eigenvalue weighted by atomic mass is 9.92. The molecule has 0 radical (unpaired) electrons. The molecule has 0 unspecified atom stereocenters. The van der Waals surface area contributed by atoms with Gasteiger partial charge in [-0.3, -0.25) is 0 Å². The maximum atomic E-state index is 13.2. The molecule has 0 spiro atoms. The van der Waals surface area contributed by atoms with Crippen LogP contribution >= 0.6 is 0 Å². The summed E-state index contributed by atoms with van der Waals surface area (Å²) in [4.78, 5) is 0. The van der Waals surface area contributed by atoms with Gasteiger partial charge >= 0.3 is 12.4 Å². The van der Waals surface area contributed by atoms with E-state index in [9.17, 15) is 31.4 Å². The summed E-state index contributed by atoms with van der Waals surface area (Å²) in [6, 6.07) is 8.44. The molecular formula is C34H48F6O4. The number of ether oxygens (including phenoxy) is 3. The van der Waals surface area contributed by atoms with Crippen molar-refractivity contribution < 1.29 is 45.7 Å². The van der Waals surface area contributed by atoms with Crippen molar-refractivity contribution in [1.29, 1.82) is 0 Å². The molecule has 1 N–H and O–H groups in total. The molecule has 0 fully saturated rings.